The predicted octanol–water partition coefficient (Wildman–Crippen LogP) is 3.61. The molecule has 4 heteroatoms. The van der Waals surface area contributed by atoms with E-state index in [0.29, 0.717) is 10.0 Å². The zero-order valence-electron chi connectivity index (χ0n) is 8.89. The van der Waals surface area contributed by atoms with Crippen molar-refractivity contribution in [2.75, 3.05) is 0 Å². The normalized spacial score (nSPS) is 17.4. The highest BCUT2D eigenvalue weighted by Crippen LogP contribution is 2.47. The van der Waals surface area contributed by atoms with Crippen LogP contribution < -0.4 is 0 Å². The molecule has 1 aliphatic carbocycles. The molecule has 1 aliphatic rings. The minimum Gasteiger partial charge on any atom is -0.211 e. The van der Waals surface area contributed by atoms with E-state index in [2.05, 4.69) is 20.9 Å². The third-order valence-corrected chi connectivity index (χ3v) is 3.99. The van der Waals surface area contributed by atoms with Gasteiger partial charge in [0.05, 0.1) is 10.0 Å². The number of nitrogens with zero attached hydrogens (tertiary/aromatic N) is 1. The fourth-order valence-corrected chi connectivity index (χ4v) is 2.86. The summed E-state index contributed by atoms with van der Waals surface area (Å²) in [7, 11) is 0. The van der Waals surface area contributed by atoms with Crippen LogP contribution in [0.5, 0.6) is 0 Å². The van der Waals surface area contributed by atoms with E-state index in [4.69, 9.17) is 0 Å². The van der Waals surface area contributed by atoms with Gasteiger partial charge >= 0.3 is 0 Å². The zero-order chi connectivity index (χ0) is 11.8. The quantitative estimate of drug-likeness (QED) is 0.602. The highest BCUT2D eigenvalue weighted by Gasteiger charge is 2.40. The molecule has 0 N–H and O–H groups in total. The van der Waals surface area contributed by atoms with Crippen LogP contribution in [0.3, 0.4) is 0 Å². The van der Waals surface area contributed by atoms with E-state index in [9.17, 15) is 9.18 Å². The molecule has 1 aromatic carbocycles. The number of aryl methyl sites for hydroxylation is 1. The summed E-state index contributed by atoms with van der Waals surface area (Å²) in [5.41, 5.74) is 0.792. The van der Waals surface area contributed by atoms with E-state index in [1.54, 1.807) is 19.1 Å². The van der Waals surface area contributed by atoms with Gasteiger partial charge in [0.25, 0.3) is 0 Å². The van der Waals surface area contributed by atoms with E-state index in [0.717, 1.165) is 24.8 Å². The first-order valence-corrected chi connectivity index (χ1v) is 5.94. The molecular formula is C12H11BrFNO. The summed E-state index contributed by atoms with van der Waals surface area (Å²) in [6, 6.07) is 3.55. The number of hydrogen-bond donors (Lipinski definition) is 0. The van der Waals surface area contributed by atoms with E-state index >= 15 is 0 Å². The van der Waals surface area contributed by atoms with Crippen LogP contribution in [0, 0.1) is 12.7 Å². The average molecular weight is 284 g/mol. The molecular weight excluding hydrogens is 273 g/mol. The van der Waals surface area contributed by atoms with Gasteiger partial charge in [-0.25, -0.2) is 9.18 Å². The maximum absolute atomic E-state index is 13.7. The SMILES string of the molecule is Cc1ccc(C2(N=C=O)CCC2)c(Br)c1F. The number of rotatable bonds is 2. The molecule has 0 bridgehead atoms. The second-order valence-electron chi connectivity index (χ2n) is 4.15. The van der Waals surface area contributed by atoms with Crippen LogP contribution in [0.1, 0.15) is 30.4 Å². The molecule has 1 saturated carbocycles. The van der Waals surface area contributed by atoms with Crippen LogP contribution in [0.15, 0.2) is 21.6 Å². The van der Waals surface area contributed by atoms with Gasteiger partial charge in [0.1, 0.15) is 5.82 Å². The van der Waals surface area contributed by atoms with Crippen molar-refractivity contribution < 1.29 is 9.18 Å². The van der Waals surface area contributed by atoms with Gasteiger partial charge in [0.15, 0.2) is 0 Å². The summed E-state index contributed by atoms with van der Waals surface area (Å²) in [6.07, 6.45) is 4.17. The lowest BCUT2D eigenvalue weighted by Crippen LogP contribution is -2.32. The first-order chi connectivity index (χ1) is 7.60. The molecule has 0 amide bonds. The van der Waals surface area contributed by atoms with Gasteiger partial charge in [-0.2, -0.15) is 4.99 Å². The Balaban J connectivity index is 2.55. The van der Waals surface area contributed by atoms with Crippen molar-refractivity contribution in [1.82, 2.24) is 0 Å². The lowest BCUT2D eigenvalue weighted by Gasteiger charge is -2.37. The Labute approximate surface area is 102 Å². The van der Waals surface area contributed by atoms with Crippen molar-refractivity contribution in [2.45, 2.75) is 31.7 Å². The maximum atomic E-state index is 13.7. The third-order valence-electron chi connectivity index (χ3n) is 3.22. The summed E-state index contributed by atoms with van der Waals surface area (Å²) in [6.45, 7) is 1.71. The molecule has 0 aromatic heterocycles. The molecule has 1 aromatic rings. The molecule has 2 rings (SSSR count). The first kappa shape index (κ1) is 11.5. The lowest BCUT2D eigenvalue weighted by atomic mass is 9.72. The van der Waals surface area contributed by atoms with Crippen LogP contribution in [0.25, 0.3) is 0 Å². The molecule has 0 atom stereocenters. The summed E-state index contributed by atoms with van der Waals surface area (Å²) >= 11 is 3.25. The maximum Gasteiger partial charge on any atom is 0.235 e. The Morgan fingerprint density at radius 3 is 2.69 bits per heavy atom. The molecule has 0 unspecified atom stereocenters. The van der Waals surface area contributed by atoms with Crippen molar-refractivity contribution in [3.8, 4) is 0 Å². The van der Waals surface area contributed by atoms with Gasteiger partial charge < -0.3 is 0 Å². The fraction of sp³-hybridized carbons (Fsp3) is 0.417. The summed E-state index contributed by atoms with van der Waals surface area (Å²) in [5, 5.41) is 0. The van der Waals surface area contributed by atoms with Crippen molar-refractivity contribution in [3.63, 3.8) is 0 Å². The zero-order valence-corrected chi connectivity index (χ0v) is 10.5. The fourth-order valence-electron chi connectivity index (χ4n) is 2.05. The lowest BCUT2D eigenvalue weighted by molar-refractivity contribution is 0.253. The molecule has 2 nitrogen and oxygen atoms in total. The highest BCUT2D eigenvalue weighted by molar-refractivity contribution is 9.10. The largest absolute Gasteiger partial charge is 0.235 e. The second kappa shape index (κ2) is 4.11. The molecule has 16 heavy (non-hydrogen) atoms. The molecule has 0 aliphatic heterocycles. The standard InChI is InChI=1S/C12H11BrFNO/c1-8-3-4-9(10(13)11(8)14)12(15-7-16)5-2-6-12/h3-4H,2,5-6H2,1H3. The van der Waals surface area contributed by atoms with Gasteiger partial charge in [0, 0.05) is 0 Å². The molecule has 1 fully saturated rings. The smallest absolute Gasteiger partial charge is 0.211 e. The Morgan fingerprint density at radius 1 is 1.50 bits per heavy atom. The molecule has 0 spiro atoms. The second-order valence-corrected chi connectivity index (χ2v) is 4.94. The number of aliphatic imine (C=N–C) groups is 1. The van der Waals surface area contributed by atoms with Gasteiger partial charge in [-0.3, -0.25) is 0 Å². The monoisotopic (exact) mass is 283 g/mol. The minimum atomic E-state index is -0.547. The van der Waals surface area contributed by atoms with Crippen LogP contribution in [0.4, 0.5) is 4.39 Å². The number of halogens is 2. The van der Waals surface area contributed by atoms with Crippen LogP contribution in [-0.2, 0) is 10.3 Å². The average Bonchev–Trinajstić information content (AvgIpc) is 2.21. The van der Waals surface area contributed by atoms with Crippen molar-refractivity contribution >= 4 is 22.0 Å². The molecule has 0 radical (unpaired) electrons. The van der Waals surface area contributed by atoms with Crippen molar-refractivity contribution in [2.24, 2.45) is 4.99 Å². The van der Waals surface area contributed by atoms with E-state index in [-0.39, 0.29) is 5.82 Å². The highest BCUT2D eigenvalue weighted by atomic mass is 79.9. The third kappa shape index (κ3) is 1.62. The van der Waals surface area contributed by atoms with E-state index < -0.39 is 5.54 Å². The Bertz CT molecular complexity index is 476. The Hall–Kier alpha value is -0.990. The summed E-state index contributed by atoms with van der Waals surface area (Å²) in [5.74, 6) is -0.273. The Kier molecular flexibility index (Phi) is 2.96. The Morgan fingerprint density at radius 2 is 2.19 bits per heavy atom. The van der Waals surface area contributed by atoms with Gasteiger partial charge in [-0.05, 0) is 53.2 Å². The van der Waals surface area contributed by atoms with Crippen LogP contribution >= 0.6 is 15.9 Å². The predicted molar refractivity (Wildman–Crippen MR) is 62.5 cm³/mol. The number of isocyanates is 1. The van der Waals surface area contributed by atoms with Gasteiger partial charge in [0.2, 0.25) is 6.08 Å². The first-order valence-electron chi connectivity index (χ1n) is 5.15. The molecule has 0 saturated heterocycles. The molecule has 84 valence electrons. The van der Waals surface area contributed by atoms with Gasteiger partial charge in [-0.1, -0.05) is 12.1 Å². The summed E-state index contributed by atoms with van der Waals surface area (Å²) < 4.78 is 14.2. The number of hydrogen-bond acceptors (Lipinski definition) is 2. The van der Waals surface area contributed by atoms with Crippen LogP contribution in [-0.4, -0.2) is 6.08 Å². The van der Waals surface area contributed by atoms with Crippen molar-refractivity contribution in [1.29, 1.82) is 0 Å². The number of carbonyl (C=O) groups excluding carboxylic acids is 1. The van der Waals surface area contributed by atoms with Crippen LogP contribution in [0.2, 0.25) is 0 Å². The molecule has 0 heterocycles. The van der Waals surface area contributed by atoms with E-state index in [1.165, 1.54) is 0 Å². The van der Waals surface area contributed by atoms with Crippen molar-refractivity contribution in [3.05, 3.63) is 33.5 Å². The topological polar surface area (TPSA) is 29.4 Å². The summed E-state index contributed by atoms with van der Waals surface area (Å²) in [4.78, 5) is 14.3. The van der Waals surface area contributed by atoms with E-state index in [1.807, 2.05) is 6.07 Å². The van der Waals surface area contributed by atoms with Gasteiger partial charge in [-0.15, -0.1) is 0 Å². The minimum absolute atomic E-state index is 0.273. The number of benzene rings is 1.